The zero-order chi connectivity index (χ0) is 17.0. The van der Waals surface area contributed by atoms with Crippen molar-refractivity contribution in [2.24, 2.45) is 0 Å². The lowest BCUT2D eigenvalue weighted by Gasteiger charge is -2.25. The lowest BCUT2D eigenvalue weighted by molar-refractivity contribution is 0.568. The van der Waals surface area contributed by atoms with Gasteiger partial charge in [-0.05, 0) is 48.9 Å². The minimum atomic E-state index is -3.00. The van der Waals surface area contributed by atoms with Crippen LogP contribution in [0.3, 0.4) is 0 Å². The van der Waals surface area contributed by atoms with Crippen LogP contribution in [0.1, 0.15) is 18.5 Å². The van der Waals surface area contributed by atoms with Crippen LogP contribution in [-0.4, -0.2) is 0 Å². The molecule has 122 valence electrons. The summed E-state index contributed by atoms with van der Waals surface area (Å²) in [6, 6.07) is 24.9. The zero-order valence-corrected chi connectivity index (χ0v) is 14.3. The fraction of sp³-hybridized carbons (Fsp3) is 0.100. The van der Waals surface area contributed by atoms with E-state index in [1.807, 2.05) is 67.6 Å². The molecule has 0 aliphatic carbocycles. The third kappa shape index (κ3) is 3.48. The van der Waals surface area contributed by atoms with E-state index in [1.54, 1.807) is 12.1 Å². The Bertz CT molecular complexity index is 791. The van der Waals surface area contributed by atoms with E-state index in [2.05, 4.69) is 5.09 Å². The molecule has 4 heteroatoms. The average molecular weight is 339 g/mol. The molecular formula is C20H19FNOP. The van der Waals surface area contributed by atoms with Crippen molar-refractivity contribution in [3.8, 4) is 0 Å². The predicted molar refractivity (Wildman–Crippen MR) is 97.7 cm³/mol. The molecule has 0 saturated carbocycles. The van der Waals surface area contributed by atoms with Crippen LogP contribution in [0.25, 0.3) is 0 Å². The van der Waals surface area contributed by atoms with E-state index < -0.39 is 7.29 Å². The topological polar surface area (TPSA) is 29.1 Å². The third-order valence-corrected chi connectivity index (χ3v) is 6.79. The Balaban J connectivity index is 2.00. The van der Waals surface area contributed by atoms with Crippen molar-refractivity contribution in [2.45, 2.75) is 13.0 Å². The Morgan fingerprint density at radius 3 is 1.71 bits per heavy atom. The monoisotopic (exact) mass is 339 g/mol. The molecule has 3 aromatic rings. The van der Waals surface area contributed by atoms with Crippen LogP contribution in [0.2, 0.25) is 0 Å². The summed E-state index contributed by atoms with van der Waals surface area (Å²) in [6.45, 7) is 1.94. The number of benzene rings is 3. The van der Waals surface area contributed by atoms with Crippen molar-refractivity contribution in [1.29, 1.82) is 0 Å². The second-order valence-corrected chi connectivity index (χ2v) is 8.19. The summed E-state index contributed by atoms with van der Waals surface area (Å²) in [5, 5.41) is 4.80. The van der Waals surface area contributed by atoms with Crippen LogP contribution in [-0.2, 0) is 4.57 Å². The highest BCUT2D eigenvalue weighted by Crippen LogP contribution is 2.41. The first-order valence-corrected chi connectivity index (χ1v) is 9.55. The van der Waals surface area contributed by atoms with Crippen molar-refractivity contribution >= 4 is 17.9 Å². The van der Waals surface area contributed by atoms with Crippen LogP contribution in [0, 0.1) is 5.82 Å². The second kappa shape index (κ2) is 7.12. The van der Waals surface area contributed by atoms with Gasteiger partial charge in [0.2, 0.25) is 7.29 Å². The SMILES string of the molecule is C[C@H](NP(=O)(c1ccccc1)c1ccccc1)c1ccc(F)cc1. The van der Waals surface area contributed by atoms with E-state index in [4.69, 9.17) is 0 Å². The summed E-state index contributed by atoms with van der Waals surface area (Å²) in [5.74, 6) is -0.278. The maximum Gasteiger partial charge on any atom is 0.205 e. The molecule has 24 heavy (non-hydrogen) atoms. The standard InChI is InChI=1S/C20H19FNOP/c1-16(17-12-14-18(21)15-13-17)22-24(23,19-8-4-2-5-9-19)20-10-6-3-7-11-20/h2-16H,1H3,(H,22,23)/t16-/m0/s1. The van der Waals surface area contributed by atoms with Gasteiger partial charge in [0.1, 0.15) is 5.82 Å². The Labute approximate surface area is 141 Å². The van der Waals surface area contributed by atoms with E-state index in [0.29, 0.717) is 0 Å². The lowest BCUT2D eigenvalue weighted by atomic mass is 10.1. The molecule has 0 aromatic heterocycles. The summed E-state index contributed by atoms with van der Waals surface area (Å²) in [6.07, 6.45) is 0. The summed E-state index contributed by atoms with van der Waals surface area (Å²) in [4.78, 5) is 0. The van der Waals surface area contributed by atoms with Crippen molar-refractivity contribution in [1.82, 2.24) is 5.09 Å². The van der Waals surface area contributed by atoms with Gasteiger partial charge < -0.3 is 0 Å². The van der Waals surface area contributed by atoms with Crippen LogP contribution >= 0.6 is 7.29 Å². The van der Waals surface area contributed by atoms with E-state index >= 15 is 0 Å². The van der Waals surface area contributed by atoms with Gasteiger partial charge in [-0.15, -0.1) is 0 Å². The lowest BCUT2D eigenvalue weighted by Crippen LogP contribution is -2.29. The first-order valence-electron chi connectivity index (χ1n) is 7.84. The van der Waals surface area contributed by atoms with Gasteiger partial charge in [-0.25, -0.2) is 4.39 Å². The molecule has 0 fully saturated rings. The molecule has 2 nitrogen and oxygen atoms in total. The van der Waals surface area contributed by atoms with Crippen molar-refractivity contribution in [2.75, 3.05) is 0 Å². The van der Waals surface area contributed by atoms with Crippen LogP contribution < -0.4 is 15.7 Å². The molecule has 0 amide bonds. The molecule has 0 bridgehead atoms. The molecule has 0 spiro atoms. The number of rotatable bonds is 5. The minimum Gasteiger partial charge on any atom is -0.297 e. The second-order valence-electron chi connectivity index (χ2n) is 5.68. The number of hydrogen-bond acceptors (Lipinski definition) is 1. The number of hydrogen-bond donors (Lipinski definition) is 1. The van der Waals surface area contributed by atoms with E-state index in [0.717, 1.165) is 16.2 Å². The average Bonchev–Trinajstić information content (AvgIpc) is 2.63. The molecule has 0 heterocycles. The fourth-order valence-corrected chi connectivity index (χ4v) is 5.15. The van der Waals surface area contributed by atoms with Crippen LogP contribution in [0.5, 0.6) is 0 Å². The molecular weight excluding hydrogens is 320 g/mol. The van der Waals surface area contributed by atoms with Crippen molar-refractivity contribution in [3.63, 3.8) is 0 Å². The van der Waals surface area contributed by atoms with Gasteiger partial charge in [-0.1, -0.05) is 48.5 Å². The first kappa shape index (κ1) is 16.6. The van der Waals surface area contributed by atoms with Gasteiger partial charge in [0.25, 0.3) is 0 Å². The molecule has 0 saturated heterocycles. The highest BCUT2D eigenvalue weighted by atomic mass is 31.2. The largest absolute Gasteiger partial charge is 0.297 e. The van der Waals surface area contributed by atoms with Gasteiger partial charge in [-0.3, -0.25) is 9.65 Å². The molecule has 0 radical (unpaired) electrons. The van der Waals surface area contributed by atoms with Crippen LogP contribution in [0.15, 0.2) is 84.9 Å². The molecule has 1 N–H and O–H groups in total. The van der Waals surface area contributed by atoms with E-state index in [1.165, 1.54) is 12.1 Å². The van der Waals surface area contributed by atoms with E-state index in [9.17, 15) is 8.96 Å². The summed E-state index contributed by atoms with van der Waals surface area (Å²) >= 11 is 0. The minimum absolute atomic E-state index is 0.183. The van der Waals surface area contributed by atoms with Crippen molar-refractivity contribution < 1.29 is 8.96 Å². The predicted octanol–water partition coefficient (Wildman–Crippen LogP) is 4.41. The normalized spacial score (nSPS) is 12.8. The molecule has 0 aliphatic rings. The highest BCUT2D eigenvalue weighted by molar-refractivity contribution is 7.76. The Kier molecular flexibility index (Phi) is 4.94. The maximum atomic E-state index is 13.9. The molecule has 3 rings (SSSR count). The Hall–Kier alpha value is -2.22. The molecule has 0 unspecified atom stereocenters. The summed E-state index contributed by atoms with van der Waals surface area (Å²) in [7, 11) is -3.00. The van der Waals surface area contributed by atoms with Gasteiger partial charge in [-0.2, -0.15) is 0 Å². The number of nitrogens with one attached hydrogen (secondary N) is 1. The number of halogens is 1. The van der Waals surface area contributed by atoms with Gasteiger partial charge >= 0.3 is 0 Å². The summed E-state index contributed by atoms with van der Waals surface area (Å²) in [5.41, 5.74) is 0.892. The third-order valence-electron chi connectivity index (χ3n) is 3.99. The molecule has 3 aromatic carbocycles. The zero-order valence-electron chi connectivity index (χ0n) is 13.4. The van der Waals surface area contributed by atoms with Crippen LogP contribution in [0.4, 0.5) is 4.39 Å². The summed E-state index contributed by atoms with van der Waals surface area (Å²) < 4.78 is 27.0. The maximum absolute atomic E-state index is 13.9. The highest BCUT2D eigenvalue weighted by Gasteiger charge is 2.29. The van der Waals surface area contributed by atoms with Gasteiger partial charge in [0, 0.05) is 16.7 Å². The quantitative estimate of drug-likeness (QED) is 0.698. The van der Waals surface area contributed by atoms with E-state index in [-0.39, 0.29) is 11.9 Å². The Morgan fingerprint density at radius 1 is 0.792 bits per heavy atom. The Morgan fingerprint density at radius 2 is 1.25 bits per heavy atom. The van der Waals surface area contributed by atoms with Crippen molar-refractivity contribution in [3.05, 3.63) is 96.3 Å². The molecule has 0 aliphatic heterocycles. The first-order chi connectivity index (χ1) is 11.6. The smallest absolute Gasteiger partial charge is 0.205 e. The molecule has 1 atom stereocenters. The van der Waals surface area contributed by atoms with Gasteiger partial charge in [0.05, 0.1) is 0 Å². The fourth-order valence-electron chi connectivity index (χ4n) is 2.67. The van der Waals surface area contributed by atoms with Gasteiger partial charge in [0.15, 0.2) is 0 Å².